The van der Waals surface area contributed by atoms with Crippen LogP contribution >= 0.6 is 0 Å². The lowest BCUT2D eigenvalue weighted by atomic mass is 9.89. The number of aryl methyl sites for hydroxylation is 2. The van der Waals surface area contributed by atoms with Crippen molar-refractivity contribution in [1.82, 2.24) is 9.88 Å². The summed E-state index contributed by atoms with van der Waals surface area (Å²) in [5, 5.41) is 4.35. The molecular formula is C27H28N2O. The van der Waals surface area contributed by atoms with Crippen LogP contribution in [0, 0.1) is 0 Å². The van der Waals surface area contributed by atoms with Gasteiger partial charge in [0.1, 0.15) is 0 Å². The molecule has 0 spiro atoms. The number of para-hydroxylation sites is 1. The number of carbonyl (C=O) groups is 1. The summed E-state index contributed by atoms with van der Waals surface area (Å²) < 4.78 is 2.17. The number of benzene rings is 3. The fourth-order valence-corrected chi connectivity index (χ4v) is 4.14. The zero-order valence-electron chi connectivity index (χ0n) is 17.4. The van der Waals surface area contributed by atoms with Crippen LogP contribution in [0.5, 0.6) is 0 Å². The van der Waals surface area contributed by atoms with Gasteiger partial charge in [0.25, 0.3) is 0 Å². The molecule has 0 radical (unpaired) electrons. The van der Waals surface area contributed by atoms with Gasteiger partial charge >= 0.3 is 0 Å². The lowest BCUT2D eigenvalue weighted by Gasteiger charge is -2.17. The fraction of sp³-hybridized carbons (Fsp3) is 0.222. The molecule has 0 aliphatic carbocycles. The zero-order valence-corrected chi connectivity index (χ0v) is 17.4. The van der Waals surface area contributed by atoms with Gasteiger partial charge in [-0.25, -0.2) is 0 Å². The van der Waals surface area contributed by atoms with Gasteiger partial charge in [-0.1, -0.05) is 78.9 Å². The van der Waals surface area contributed by atoms with Crippen molar-refractivity contribution in [2.45, 2.75) is 31.7 Å². The van der Waals surface area contributed by atoms with Gasteiger partial charge in [0.2, 0.25) is 5.91 Å². The Kier molecular flexibility index (Phi) is 6.29. The third-order valence-corrected chi connectivity index (χ3v) is 5.76. The molecule has 4 rings (SSSR count). The largest absolute Gasteiger partial charge is 0.352 e. The third kappa shape index (κ3) is 4.80. The minimum atomic E-state index is 0.102. The lowest BCUT2D eigenvalue weighted by Crippen LogP contribution is -2.24. The number of rotatable bonds is 8. The number of fused-ring (bicyclic) bond motifs is 1. The van der Waals surface area contributed by atoms with E-state index in [0.29, 0.717) is 13.0 Å². The molecule has 0 saturated heterocycles. The third-order valence-electron chi connectivity index (χ3n) is 5.76. The van der Waals surface area contributed by atoms with Gasteiger partial charge in [-0.05, 0) is 41.5 Å². The van der Waals surface area contributed by atoms with Crippen LogP contribution < -0.4 is 5.32 Å². The van der Waals surface area contributed by atoms with E-state index in [4.69, 9.17) is 0 Å². The van der Waals surface area contributed by atoms with Crippen molar-refractivity contribution < 1.29 is 4.79 Å². The van der Waals surface area contributed by atoms with Crippen molar-refractivity contribution in [2.24, 2.45) is 7.05 Å². The van der Waals surface area contributed by atoms with Gasteiger partial charge < -0.3 is 9.88 Å². The van der Waals surface area contributed by atoms with Gasteiger partial charge in [0.15, 0.2) is 0 Å². The molecule has 0 unspecified atom stereocenters. The van der Waals surface area contributed by atoms with Gasteiger partial charge in [-0.3, -0.25) is 4.79 Å². The number of amides is 1. The highest BCUT2D eigenvalue weighted by Crippen LogP contribution is 2.32. The van der Waals surface area contributed by atoms with Crippen LogP contribution in [0.25, 0.3) is 10.9 Å². The summed E-state index contributed by atoms with van der Waals surface area (Å²) in [7, 11) is 2.08. The SMILES string of the molecule is Cn1cc([C@@H](CCc2ccccc2)CC(=O)NCc2ccccc2)c2ccccc21. The van der Waals surface area contributed by atoms with E-state index in [9.17, 15) is 4.79 Å². The number of carbonyl (C=O) groups excluding carboxylic acids is 1. The zero-order chi connectivity index (χ0) is 20.8. The first-order valence-electron chi connectivity index (χ1n) is 10.6. The molecule has 0 aliphatic heterocycles. The van der Waals surface area contributed by atoms with Crippen molar-refractivity contribution in [2.75, 3.05) is 0 Å². The summed E-state index contributed by atoms with van der Waals surface area (Å²) in [5.41, 5.74) is 4.91. The summed E-state index contributed by atoms with van der Waals surface area (Å²) in [6.45, 7) is 0.570. The molecule has 3 nitrogen and oxygen atoms in total. The normalized spacial score (nSPS) is 12.0. The van der Waals surface area contributed by atoms with Crippen LogP contribution in [0.1, 0.15) is 35.4 Å². The maximum absolute atomic E-state index is 12.8. The number of hydrogen-bond donors (Lipinski definition) is 1. The van der Waals surface area contributed by atoms with Gasteiger partial charge in [0.05, 0.1) is 0 Å². The molecule has 1 aromatic heterocycles. The number of hydrogen-bond acceptors (Lipinski definition) is 1. The Morgan fingerprint density at radius 1 is 0.867 bits per heavy atom. The first kappa shape index (κ1) is 20.0. The van der Waals surface area contributed by atoms with Crippen LogP contribution in [0.2, 0.25) is 0 Å². The van der Waals surface area contributed by atoms with Crippen LogP contribution in [0.15, 0.2) is 91.1 Å². The second kappa shape index (κ2) is 9.45. The van der Waals surface area contributed by atoms with Crippen molar-refractivity contribution in [3.63, 3.8) is 0 Å². The molecule has 1 atom stereocenters. The highest BCUT2D eigenvalue weighted by atomic mass is 16.1. The van der Waals surface area contributed by atoms with E-state index in [-0.39, 0.29) is 11.8 Å². The second-order valence-electron chi connectivity index (χ2n) is 7.90. The monoisotopic (exact) mass is 396 g/mol. The minimum Gasteiger partial charge on any atom is -0.352 e. The summed E-state index contributed by atoms with van der Waals surface area (Å²) in [5.74, 6) is 0.275. The molecule has 3 heteroatoms. The van der Waals surface area contributed by atoms with Gasteiger partial charge in [0, 0.05) is 37.1 Å². The highest BCUT2D eigenvalue weighted by molar-refractivity contribution is 5.85. The Morgan fingerprint density at radius 2 is 1.50 bits per heavy atom. The summed E-state index contributed by atoms with van der Waals surface area (Å²) in [6.07, 6.45) is 4.59. The Morgan fingerprint density at radius 3 is 2.23 bits per heavy atom. The minimum absolute atomic E-state index is 0.102. The van der Waals surface area contributed by atoms with Crippen molar-refractivity contribution in [1.29, 1.82) is 0 Å². The molecule has 1 N–H and O–H groups in total. The Labute approximate surface area is 178 Å². The molecule has 4 aromatic rings. The summed E-state index contributed by atoms with van der Waals surface area (Å²) >= 11 is 0. The molecule has 1 amide bonds. The van der Waals surface area contributed by atoms with Crippen molar-refractivity contribution in [3.8, 4) is 0 Å². The maximum Gasteiger partial charge on any atom is 0.220 e. The fourth-order valence-electron chi connectivity index (χ4n) is 4.14. The first-order chi connectivity index (χ1) is 14.7. The molecule has 0 fully saturated rings. The van der Waals surface area contributed by atoms with Crippen LogP contribution in [0.3, 0.4) is 0 Å². The first-order valence-corrected chi connectivity index (χ1v) is 10.6. The van der Waals surface area contributed by atoms with E-state index in [1.165, 1.54) is 22.0 Å². The molecule has 0 saturated carbocycles. The van der Waals surface area contributed by atoms with E-state index < -0.39 is 0 Å². The van der Waals surface area contributed by atoms with E-state index >= 15 is 0 Å². The Balaban J connectivity index is 1.52. The molecular weight excluding hydrogens is 368 g/mol. The molecule has 152 valence electrons. The van der Waals surface area contributed by atoms with Crippen LogP contribution in [-0.4, -0.2) is 10.5 Å². The second-order valence-corrected chi connectivity index (χ2v) is 7.90. The maximum atomic E-state index is 12.8. The van der Waals surface area contributed by atoms with Crippen molar-refractivity contribution in [3.05, 3.63) is 108 Å². The molecule has 30 heavy (non-hydrogen) atoms. The molecule has 0 aliphatic rings. The van der Waals surface area contributed by atoms with E-state index in [2.05, 4.69) is 71.7 Å². The lowest BCUT2D eigenvalue weighted by molar-refractivity contribution is -0.121. The van der Waals surface area contributed by atoms with Crippen LogP contribution in [0.4, 0.5) is 0 Å². The predicted molar refractivity (Wildman–Crippen MR) is 123 cm³/mol. The number of aromatic nitrogens is 1. The van der Waals surface area contributed by atoms with Crippen LogP contribution in [-0.2, 0) is 24.8 Å². The average molecular weight is 397 g/mol. The van der Waals surface area contributed by atoms with E-state index in [1.54, 1.807) is 0 Å². The highest BCUT2D eigenvalue weighted by Gasteiger charge is 2.20. The van der Waals surface area contributed by atoms with E-state index in [0.717, 1.165) is 18.4 Å². The standard InChI is InChI=1S/C27H28N2O/c1-29-20-25(24-14-8-9-15-26(24)29)23(17-16-21-10-4-2-5-11-21)18-27(30)28-19-22-12-6-3-7-13-22/h2-15,20,23H,16-19H2,1H3,(H,28,30)/t23-/m0/s1. The molecule has 0 bridgehead atoms. The van der Waals surface area contributed by atoms with E-state index in [1.807, 2.05) is 36.4 Å². The molecule has 1 heterocycles. The predicted octanol–water partition coefficient (Wildman–Crippen LogP) is 5.60. The number of nitrogens with zero attached hydrogens (tertiary/aromatic N) is 1. The Bertz CT molecular complexity index is 1100. The summed E-state index contributed by atoms with van der Waals surface area (Å²) in [4.78, 5) is 12.8. The van der Waals surface area contributed by atoms with Gasteiger partial charge in [-0.15, -0.1) is 0 Å². The summed E-state index contributed by atoms with van der Waals surface area (Å²) in [6, 6.07) is 29.1. The average Bonchev–Trinajstić information content (AvgIpc) is 3.13. The van der Waals surface area contributed by atoms with Gasteiger partial charge in [-0.2, -0.15) is 0 Å². The quantitative estimate of drug-likeness (QED) is 0.413. The number of nitrogens with one attached hydrogen (secondary N) is 1. The Hall–Kier alpha value is -3.33. The smallest absolute Gasteiger partial charge is 0.220 e. The van der Waals surface area contributed by atoms with Crippen molar-refractivity contribution >= 4 is 16.8 Å². The molecule has 3 aromatic carbocycles. The topological polar surface area (TPSA) is 34.0 Å².